The summed E-state index contributed by atoms with van der Waals surface area (Å²) in [6.07, 6.45) is 1.04. The lowest BCUT2D eigenvalue weighted by molar-refractivity contribution is 0.166. The van der Waals surface area contributed by atoms with E-state index < -0.39 is 0 Å². The van der Waals surface area contributed by atoms with E-state index in [2.05, 4.69) is 40.7 Å². The zero-order valence-corrected chi connectivity index (χ0v) is 17.8. The van der Waals surface area contributed by atoms with Crippen LogP contribution in [-0.4, -0.2) is 39.9 Å². The Kier molecular flexibility index (Phi) is 7.90. The van der Waals surface area contributed by atoms with Crippen molar-refractivity contribution < 1.29 is 18.6 Å². The Balaban J connectivity index is 1.55. The van der Waals surface area contributed by atoms with Crippen molar-refractivity contribution in [2.24, 2.45) is 10.9 Å². The van der Waals surface area contributed by atoms with Crippen LogP contribution >= 0.6 is 0 Å². The lowest BCUT2D eigenvalue weighted by Crippen LogP contribution is -2.36. The molecule has 0 aromatic heterocycles. The first-order chi connectivity index (χ1) is 14.6. The van der Waals surface area contributed by atoms with Gasteiger partial charge in [0.05, 0.1) is 20.3 Å². The molecule has 1 saturated heterocycles. The van der Waals surface area contributed by atoms with E-state index in [9.17, 15) is 4.39 Å². The molecule has 7 heteroatoms. The summed E-state index contributed by atoms with van der Waals surface area (Å²) in [7, 11) is 3.16. The number of ether oxygens (including phenoxy) is 3. The van der Waals surface area contributed by atoms with Gasteiger partial charge in [0.1, 0.15) is 5.75 Å². The van der Waals surface area contributed by atoms with Gasteiger partial charge in [-0.15, -0.1) is 0 Å². The Morgan fingerprint density at radius 1 is 1.17 bits per heavy atom. The first-order valence-corrected chi connectivity index (χ1v) is 10.2. The molecule has 0 spiro atoms. The first-order valence-electron chi connectivity index (χ1n) is 10.2. The molecular formula is C23H30FN3O3. The van der Waals surface area contributed by atoms with Gasteiger partial charge in [-0.25, -0.2) is 4.39 Å². The third kappa shape index (κ3) is 6.10. The predicted molar refractivity (Wildman–Crippen MR) is 116 cm³/mol. The number of methoxy groups -OCH3 is 1. The number of benzene rings is 2. The molecule has 0 aliphatic carbocycles. The average molecular weight is 416 g/mol. The molecule has 0 amide bonds. The second-order valence-electron chi connectivity index (χ2n) is 7.40. The van der Waals surface area contributed by atoms with E-state index in [1.807, 2.05) is 6.07 Å². The zero-order chi connectivity index (χ0) is 21.3. The standard InChI is InChI=1S/C23H30FN3O3/c1-16-4-6-19(22(10-16)30-15-18-8-9-29-14-18)13-27-23(25-2)26-12-17-5-7-21(28-3)20(24)11-17/h4-7,10-11,18H,8-9,12-15H2,1-3H3,(H2,25,26,27). The molecule has 1 unspecified atom stereocenters. The second kappa shape index (κ2) is 10.8. The van der Waals surface area contributed by atoms with Crippen molar-refractivity contribution in [1.29, 1.82) is 0 Å². The molecule has 1 heterocycles. The van der Waals surface area contributed by atoms with E-state index in [1.165, 1.54) is 13.2 Å². The highest BCUT2D eigenvalue weighted by atomic mass is 19.1. The van der Waals surface area contributed by atoms with Crippen LogP contribution in [-0.2, 0) is 17.8 Å². The van der Waals surface area contributed by atoms with Gasteiger partial charge >= 0.3 is 0 Å². The van der Waals surface area contributed by atoms with Gasteiger partial charge in [-0.2, -0.15) is 0 Å². The maximum Gasteiger partial charge on any atom is 0.191 e. The molecule has 2 aromatic rings. The van der Waals surface area contributed by atoms with Crippen molar-refractivity contribution in [1.82, 2.24) is 10.6 Å². The molecule has 2 N–H and O–H groups in total. The van der Waals surface area contributed by atoms with Gasteiger partial charge in [0.25, 0.3) is 0 Å². The fourth-order valence-electron chi connectivity index (χ4n) is 3.27. The molecule has 0 radical (unpaired) electrons. The summed E-state index contributed by atoms with van der Waals surface area (Å²) in [6, 6.07) is 11.1. The van der Waals surface area contributed by atoms with Gasteiger partial charge < -0.3 is 24.8 Å². The van der Waals surface area contributed by atoms with E-state index in [0.717, 1.165) is 42.1 Å². The Morgan fingerprint density at radius 3 is 2.70 bits per heavy atom. The van der Waals surface area contributed by atoms with Gasteiger partial charge in [-0.1, -0.05) is 18.2 Å². The number of aliphatic imine (C=N–C) groups is 1. The topological polar surface area (TPSA) is 64.1 Å². The highest BCUT2D eigenvalue weighted by molar-refractivity contribution is 5.79. The lowest BCUT2D eigenvalue weighted by Gasteiger charge is -2.17. The molecule has 0 bridgehead atoms. The average Bonchev–Trinajstić information content (AvgIpc) is 3.27. The Bertz CT molecular complexity index is 867. The van der Waals surface area contributed by atoms with Crippen molar-refractivity contribution >= 4 is 5.96 Å². The third-order valence-corrected chi connectivity index (χ3v) is 5.07. The maximum absolute atomic E-state index is 13.9. The van der Waals surface area contributed by atoms with Crippen molar-refractivity contribution in [3.05, 3.63) is 58.9 Å². The quantitative estimate of drug-likeness (QED) is 0.511. The smallest absolute Gasteiger partial charge is 0.191 e. The molecule has 0 saturated carbocycles. The SMILES string of the molecule is CN=C(NCc1ccc(OC)c(F)c1)NCc1ccc(C)cc1OCC1CCOC1. The number of aryl methyl sites for hydroxylation is 1. The summed E-state index contributed by atoms with van der Waals surface area (Å²) in [5.74, 6) is 1.81. The molecule has 3 rings (SSSR count). The summed E-state index contributed by atoms with van der Waals surface area (Å²) >= 11 is 0. The largest absolute Gasteiger partial charge is 0.494 e. The van der Waals surface area contributed by atoms with Gasteiger partial charge in [-0.3, -0.25) is 4.99 Å². The molecular weight excluding hydrogens is 385 g/mol. The summed E-state index contributed by atoms with van der Waals surface area (Å²) in [6.45, 7) is 5.30. The van der Waals surface area contributed by atoms with Crippen molar-refractivity contribution in [2.75, 3.05) is 34.0 Å². The summed E-state index contributed by atoms with van der Waals surface area (Å²) in [5.41, 5.74) is 3.01. The van der Waals surface area contributed by atoms with E-state index in [4.69, 9.17) is 14.2 Å². The monoisotopic (exact) mass is 415 g/mol. The second-order valence-corrected chi connectivity index (χ2v) is 7.40. The number of hydrogen-bond donors (Lipinski definition) is 2. The minimum Gasteiger partial charge on any atom is -0.494 e. The number of guanidine groups is 1. The summed E-state index contributed by atoms with van der Waals surface area (Å²) in [4.78, 5) is 4.25. The van der Waals surface area contributed by atoms with E-state index >= 15 is 0 Å². The van der Waals surface area contributed by atoms with Gasteiger partial charge in [0, 0.05) is 38.2 Å². The van der Waals surface area contributed by atoms with Crippen LogP contribution in [0.3, 0.4) is 0 Å². The van der Waals surface area contributed by atoms with Gasteiger partial charge in [-0.05, 0) is 42.7 Å². The predicted octanol–water partition coefficient (Wildman–Crippen LogP) is 3.42. The zero-order valence-electron chi connectivity index (χ0n) is 17.8. The molecule has 162 valence electrons. The lowest BCUT2D eigenvalue weighted by atomic mass is 10.1. The number of hydrogen-bond acceptors (Lipinski definition) is 4. The van der Waals surface area contributed by atoms with E-state index in [-0.39, 0.29) is 11.6 Å². The number of rotatable bonds is 8. The van der Waals surface area contributed by atoms with E-state index in [1.54, 1.807) is 13.1 Å². The fraction of sp³-hybridized carbons (Fsp3) is 0.435. The Labute approximate surface area is 177 Å². The normalized spacial score (nSPS) is 16.4. The van der Waals surface area contributed by atoms with Crippen LogP contribution in [0.2, 0.25) is 0 Å². The van der Waals surface area contributed by atoms with Crippen LogP contribution in [0.1, 0.15) is 23.1 Å². The van der Waals surface area contributed by atoms with Crippen molar-refractivity contribution in [2.45, 2.75) is 26.4 Å². The molecule has 2 aromatic carbocycles. The van der Waals surface area contributed by atoms with Crippen LogP contribution in [0.25, 0.3) is 0 Å². The molecule has 1 atom stereocenters. The molecule has 6 nitrogen and oxygen atoms in total. The van der Waals surface area contributed by atoms with Crippen LogP contribution in [0.4, 0.5) is 4.39 Å². The van der Waals surface area contributed by atoms with Crippen LogP contribution in [0.15, 0.2) is 41.4 Å². The van der Waals surface area contributed by atoms with Crippen LogP contribution in [0, 0.1) is 18.7 Å². The third-order valence-electron chi connectivity index (χ3n) is 5.07. The van der Waals surface area contributed by atoms with Crippen molar-refractivity contribution in [3.8, 4) is 11.5 Å². The van der Waals surface area contributed by atoms with Gasteiger partial charge in [0.2, 0.25) is 0 Å². The number of nitrogens with one attached hydrogen (secondary N) is 2. The minimum atomic E-state index is -0.381. The molecule has 1 fully saturated rings. The van der Waals surface area contributed by atoms with E-state index in [0.29, 0.717) is 31.6 Å². The number of halogens is 1. The van der Waals surface area contributed by atoms with Gasteiger partial charge in [0.15, 0.2) is 17.5 Å². The minimum absolute atomic E-state index is 0.234. The highest BCUT2D eigenvalue weighted by Crippen LogP contribution is 2.23. The molecule has 30 heavy (non-hydrogen) atoms. The number of nitrogens with zero attached hydrogens (tertiary/aromatic N) is 1. The molecule has 1 aliphatic heterocycles. The van der Waals surface area contributed by atoms with Crippen LogP contribution in [0.5, 0.6) is 11.5 Å². The highest BCUT2D eigenvalue weighted by Gasteiger charge is 2.17. The fourth-order valence-corrected chi connectivity index (χ4v) is 3.27. The van der Waals surface area contributed by atoms with Crippen molar-refractivity contribution in [3.63, 3.8) is 0 Å². The first kappa shape index (κ1) is 21.9. The molecule has 1 aliphatic rings. The Hall–Kier alpha value is -2.80. The summed E-state index contributed by atoms with van der Waals surface area (Å²) in [5, 5.41) is 6.50. The van der Waals surface area contributed by atoms with Crippen LogP contribution < -0.4 is 20.1 Å². The summed E-state index contributed by atoms with van der Waals surface area (Å²) < 4.78 is 30.4. The Morgan fingerprint density at radius 2 is 2.00 bits per heavy atom. The maximum atomic E-state index is 13.9.